The SMILES string of the molecule is O=C(NCCCSc1ccc(F)cc1)c1ccc(NS(=O)(=O)c2ccccc2)cc1. The van der Waals surface area contributed by atoms with Crippen molar-refractivity contribution in [2.75, 3.05) is 17.0 Å². The Labute approximate surface area is 179 Å². The number of benzene rings is 3. The summed E-state index contributed by atoms with van der Waals surface area (Å²) in [5.41, 5.74) is 0.829. The summed E-state index contributed by atoms with van der Waals surface area (Å²) >= 11 is 1.60. The Hall–Kier alpha value is -2.84. The van der Waals surface area contributed by atoms with Gasteiger partial charge in [-0.2, -0.15) is 0 Å². The number of nitrogens with one attached hydrogen (secondary N) is 2. The summed E-state index contributed by atoms with van der Waals surface area (Å²) in [4.78, 5) is 13.4. The van der Waals surface area contributed by atoms with Crippen LogP contribution in [0.1, 0.15) is 16.8 Å². The molecular formula is C22H21FN2O3S2. The van der Waals surface area contributed by atoms with E-state index >= 15 is 0 Å². The van der Waals surface area contributed by atoms with Gasteiger partial charge in [-0.05, 0) is 72.8 Å². The zero-order valence-corrected chi connectivity index (χ0v) is 17.7. The molecule has 0 spiro atoms. The minimum atomic E-state index is -3.67. The number of carbonyl (C=O) groups is 1. The zero-order valence-electron chi connectivity index (χ0n) is 16.0. The molecule has 3 aromatic carbocycles. The number of hydrogen-bond donors (Lipinski definition) is 2. The largest absolute Gasteiger partial charge is 0.352 e. The van der Waals surface area contributed by atoms with Crippen LogP contribution in [0.15, 0.2) is 88.7 Å². The highest BCUT2D eigenvalue weighted by atomic mass is 32.2. The molecule has 30 heavy (non-hydrogen) atoms. The monoisotopic (exact) mass is 444 g/mol. The average molecular weight is 445 g/mol. The van der Waals surface area contributed by atoms with Crippen LogP contribution in [0.2, 0.25) is 0 Å². The summed E-state index contributed by atoms with van der Waals surface area (Å²) in [5.74, 6) is 0.316. The van der Waals surface area contributed by atoms with Crippen LogP contribution in [0, 0.1) is 5.82 Å². The molecule has 0 fully saturated rings. The topological polar surface area (TPSA) is 75.3 Å². The summed E-state index contributed by atoms with van der Waals surface area (Å²) in [7, 11) is -3.67. The number of carbonyl (C=O) groups excluding carboxylic acids is 1. The van der Waals surface area contributed by atoms with Crippen LogP contribution in [0.3, 0.4) is 0 Å². The standard InChI is InChI=1S/C22H21FN2O3S2/c23-18-9-13-20(14-10-18)29-16-4-15-24-22(26)17-7-11-19(12-8-17)25-30(27,28)21-5-2-1-3-6-21/h1-3,5-14,25H,4,15-16H2,(H,24,26). The molecule has 0 aliphatic rings. The van der Waals surface area contributed by atoms with E-state index in [1.165, 1.54) is 24.3 Å². The van der Waals surface area contributed by atoms with Gasteiger partial charge in [-0.1, -0.05) is 18.2 Å². The molecule has 2 N–H and O–H groups in total. The van der Waals surface area contributed by atoms with Crippen LogP contribution in [0.25, 0.3) is 0 Å². The quantitative estimate of drug-likeness (QED) is 0.375. The van der Waals surface area contributed by atoms with Crippen molar-refractivity contribution >= 4 is 33.4 Å². The Bertz CT molecular complexity index is 1070. The zero-order chi connectivity index (χ0) is 21.4. The summed E-state index contributed by atoms with van der Waals surface area (Å²) in [6, 6.07) is 20.6. The molecule has 0 aliphatic heterocycles. The van der Waals surface area contributed by atoms with E-state index in [0.29, 0.717) is 17.8 Å². The van der Waals surface area contributed by atoms with E-state index < -0.39 is 10.0 Å². The van der Waals surface area contributed by atoms with E-state index in [1.807, 2.05) is 0 Å². The molecule has 5 nitrogen and oxygen atoms in total. The third kappa shape index (κ3) is 6.33. The second kappa shape index (κ2) is 10.3. The van der Waals surface area contributed by atoms with Crippen molar-refractivity contribution in [2.45, 2.75) is 16.2 Å². The molecule has 0 heterocycles. The van der Waals surface area contributed by atoms with E-state index in [0.717, 1.165) is 17.1 Å². The van der Waals surface area contributed by atoms with E-state index in [9.17, 15) is 17.6 Å². The van der Waals surface area contributed by atoms with E-state index in [1.54, 1.807) is 66.4 Å². The predicted octanol–water partition coefficient (Wildman–Crippen LogP) is 4.54. The van der Waals surface area contributed by atoms with Crippen LogP contribution in [0.5, 0.6) is 0 Å². The lowest BCUT2D eigenvalue weighted by molar-refractivity contribution is 0.0954. The number of rotatable bonds is 9. The fourth-order valence-corrected chi connectivity index (χ4v) is 4.53. The number of thioether (sulfide) groups is 1. The van der Waals surface area contributed by atoms with Crippen molar-refractivity contribution in [3.8, 4) is 0 Å². The van der Waals surface area contributed by atoms with Gasteiger partial charge in [0, 0.05) is 22.7 Å². The summed E-state index contributed by atoms with van der Waals surface area (Å²) in [6.07, 6.45) is 0.767. The highest BCUT2D eigenvalue weighted by Gasteiger charge is 2.13. The minimum absolute atomic E-state index is 0.172. The van der Waals surface area contributed by atoms with Gasteiger partial charge in [0.2, 0.25) is 0 Å². The molecule has 3 rings (SSSR count). The first-order chi connectivity index (χ1) is 14.4. The molecule has 0 saturated carbocycles. The number of sulfonamides is 1. The Balaban J connectivity index is 1.45. The van der Waals surface area contributed by atoms with Crippen molar-refractivity contribution in [3.05, 3.63) is 90.2 Å². The van der Waals surface area contributed by atoms with E-state index in [2.05, 4.69) is 10.0 Å². The van der Waals surface area contributed by atoms with Gasteiger partial charge in [0.05, 0.1) is 4.90 Å². The molecule has 0 atom stereocenters. The predicted molar refractivity (Wildman–Crippen MR) is 118 cm³/mol. The molecule has 0 radical (unpaired) electrons. The van der Waals surface area contributed by atoms with Crippen LogP contribution < -0.4 is 10.0 Å². The van der Waals surface area contributed by atoms with Gasteiger partial charge in [0.1, 0.15) is 5.82 Å². The summed E-state index contributed by atoms with van der Waals surface area (Å²) in [5, 5.41) is 2.84. The maximum atomic E-state index is 12.9. The first-order valence-electron chi connectivity index (χ1n) is 9.28. The third-order valence-electron chi connectivity index (χ3n) is 4.14. The van der Waals surface area contributed by atoms with Crippen molar-refractivity contribution in [1.82, 2.24) is 5.32 Å². The normalized spacial score (nSPS) is 11.1. The lowest BCUT2D eigenvalue weighted by Crippen LogP contribution is -2.24. The molecule has 3 aromatic rings. The van der Waals surface area contributed by atoms with Crippen LogP contribution in [-0.2, 0) is 10.0 Å². The summed E-state index contributed by atoms with van der Waals surface area (Å²) < 4.78 is 40.0. The van der Waals surface area contributed by atoms with Gasteiger partial charge in [0.15, 0.2) is 0 Å². The second-order valence-corrected chi connectivity index (χ2v) is 9.26. The lowest BCUT2D eigenvalue weighted by Gasteiger charge is -2.09. The maximum absolute atomic E-state index is 12.9. The molecule has 0 saturated heterocycles. The first kappa shape index (κ1) is 21.9. The smallest absolute Gasteiger partial charge is 0.261 e. The Morgan fingerprint density at radius 2 is 1.57 bits per heavy atom. The van der Waals surface area contributed by atoms with Crippen molar-refractivity contribution in [3.63, 3.8) is 0 Å². The number of amides is 1. The highest BCUT2D eigenvalue weighted by Crippen LogP contribution is 2.19. The molecule has 0 aromatic heterocycles. The average Bonchev–Trinajstić information content (AvgIpc) is 2.75. The molecule has 8 heteroatoms. The molecule has 0 bridgehead atoms. The van der Waals surface area contributed by atoms with Crippen LogP contribution >= 0.6 is 11.8 Å². The van der Waals surface area contributed by atoms with Crippen molar-refractivity contribution in [1.29, 1.82) is 0 Å². The molecular weight excluding hydrogens is 423 g/mol. The fourth-order valence-electron chi connectivity index (χ4n) is 2.60. The lowest BCUT2D eigenvalue weighted by atomic mass is 10.2. The minimum Gasteiger partial charge on any atom is -0.352 e. The Morgan fingerprint density at radius 3 is 2.23 bits per heavy atom. The highest BCUT2D eigenvalue weighted by molar-refractivity contribution is 7.99. The van der Waals surface area contributed by atoms with Crippen molar-refractivity contribution < 1.29 is 17.6 Å². The van der Waals surface area contributed by atoms with E-state index in [-0.39, 0.29) is 16.6 Å². The summed E-state index contributed by atoms with van der Waals surface area (Å²) in [6.45, 7) is 0.509. The maximum Gasteiger partial charge on any atom is 0.261 e. The fraction of sp³-hybridized carbons (Fsp3) is 0.136. The molecule has 156 valence electrons. The van der Waals surface area contributed by atoms with Gasteiger partial charge >= 0.3 is 0 Å². The Morgan fingerprint density at radius 1 is 0.900 bits per heavy atom. The van der Waals surface area contributed by atoms with Gasteiger partial charge in [-0.25, -0.2) is 12.8 Å². The van der Waals surface area contributed by atoms with Crippen molar-refractivity contribution in [2.24, 2.45) is 0 Å². The number of anilines is 1. The van der Waals surface area contributed by atoms with Gasteiger partial charge in [0.25, 0.3) is 15.9 Å². The first-order valence-corrected chi connectivity index (χ1v) is 11.8. The van der Waals surface area contributed by atoms with Crippen LogP contribution in [0.4, 0.5) is 10.1 Å². The second-order valence-electron chi connectivity index (χ2n) is 6.41. The van der Waals surface area contributed by atoms with E-state index in [4.69, 9.17) is 0 Å². The van der Waals surface area contributed by atoms with Crippen LogP contribution in [-0.4, -0.2) is 26.6 Å². The number of hydrogen-bond acceptors (Lipinski definition) is 4. The van der Waals surface area contributed by atoms with Gasteiger partial charge < -0.3 is 5.32 Å². The molecule has 0 unspecified atom stereocenters. The third-order valence-corrected chi connectivity index (χ3v) is 6.64. The molecule has 0 aliphatic carbocycles. The molecule has 1 amide bonds. The van der Waals surface area contributed by atoms with Gasteiger partial charge in [-0.15, -0.1) is 11.8 Å². The Kier molecular flexibility index (Phi) is 7.48. The number of halogens is 1. The van der Waals surface area contributed by atoms with Gasteiger partial charge in [-0.3, -0.25) is 9.52 Å².